The van der Waals surface area contributed by atoms with Gasteiger partial charge < -0.3 is 5.32 Å². The molecule has 0 bridgehead atoms. The van der Waals surface area contributed by atoms with Crippen molar-refractivity contribution in [3.63, 3.8) is 0 Å². The molecule has 0 fully saturated rings. The van der Waals surface area contributed by atoms with Crippen LogP contribution >= 0.6 is 0 Å². The van der Waals surface area contributed by atoms with Gasteiger partial charge in [-0.25, -0.2) is 16.8 Å². The predicted molar refractivity (Wildman–Crippen MR) is 123 cm³/mol. The van der Waals surface area contributed by atoms with Crippen LogP contribution in [-0.4, -0.2) is 47.4 Å². The first-order chi connectivity index (χ1) is 15.0. The number of nitrogens with one attached hydrogen (secondary N) is 2. The Kier molecular flexibility index (Phi) is 5.72. The van der Waals surface area contributed by atoms with Crippen molar-refractivity contribution < 1.29 is 21.6 Å². The third-order valence-electron chi connectivity index (χ3n) is 5.38. The quantitative estimate of drug-likeness (QED) is 0.684. The summed E-state index contributed by atoms with van der Waals surface area (Å²) in [7, 11) is -7.21. The Morgan fingerprint density at radius 1 is 1.12 bits per heavy atom. The molecule has 2 N–H and O–H groups in total. The normalized spacial score (nSPS) is 18.2. The molecule has 0 aliphatic carbocycles. The second-order valence-electron chi connectivity index (χ2n) is 7.97. The van der Waals surface area contributed by atoms with Gasteiger partial charge in [0.05, 0.1) is 16.8 Å². The van der Waals surface area contributed by atoms with Gasteiger partial charge in [0.2, 0.25) is 10.0 Å². The lowest BCUT2D eigenvalue weighted by Crippen LogP contribution is -2.34. The number of hydrogen-bond donors (Lipinski definition) is 2. The van der Waals surface area contributed by atoms with Crippen LogP contribution in [0.3, 0.4) is 0 Å². The molecule has 0 aromatic heterocycles. The number of fused-ring (bicyclic) bond motifs is 1. The van der Waals surface area contributed by atoms with Crippen molar-refractivity contribution in [3.8, 4) is 0 Å². The number of sulfonamides is 2. The molecule has 2 aromatic carbocycles. The van der Waals surface area contributed by atoms with Crippen LogP contribution in [0.15, 0.2) is 52.4 Å². The summed E-state index contributed by atoms with van der Waals surface area (Å²) in [5.74, 6) is 0.0240. The molecular formula is C21H24N4O5S2. The maximum absolute atomic E-state index is 12.8. The zero-order valence-corrected chi connectivity index (χ0v) is 19.3. The summed E-state index contributed by atoms with van der Waals surface area (Å²) in [5, 5.41) is 2.71. The Balaban J connectivity index is 1.53. The van der Waals surface area contributed by atoms with Crippen LogP contribution in [0, 0.1) is 0 Å². The van der Waals surface area contributed by atoms with E-state index in [4.69, 9.17) is 0 Å². The molecule has 1 amide bonds. The zero-order chi connectivity index (χ0) is 23.1. The van der Waals surface area contributed by atoms with Gasteiger partial charge in [-0.1, -0.05) is 6.07 Å². The van der Waals surface area contributed by atoms with Crippen LogP contribution in [0.1, 0.15) is 35.7 Å². The van der Waals surface area contributed by atoms with Crippen molar-refractivity contribution in [2.24, 2.45) is 4.99 Å². The van der Waals surface area contributed by atoms with Crippen LogP contribution in [0.25, 0.3) is 0 Å². The fourth-order valence-corrected chi connectivity index (χ4v) is 6.43. The zero-order valence-electron chi connectivity index (χ0n) is 17.7. The van der Waals surface area contributed by atoms with E-state index < -0.39 is 26.0 Å². The van der Waals surface area contributed by atoms with E-state index in [2.05, 4.69) is 15.0 Å². The van der Waals surface area contributed by atoms with Crippen LogP contribution in [0.2, 0.25) is 0 Å². The van der Waals surface area contributed by atoms with E-state index in [1.54, 1.807) is 30.3 Å². The number of hydrogen-bond acceptors (Lipinski definition) is 6. The maximum atomic E-state index is 12.8. The molecule has 2 aromatic rings. The summed E-state index contributed by atoms with van der Waals surface area (Å²) in [5.41, 5.74) is 2.04. The summed E-state index contributed by atoms with van der Waals surface area (Å²) >= 11 is 0. The number of carbonyl (C=O) groups is 1. The number of nitrogens with zero attached hydrogens (tertiary/aromatic N) is 2. The van der Waals surface area contributed by atoms with Gasteiger partial charge in [0.15, 0.2) is 0 Å². The fraction of sp³-hybridized carbons (Fsp3) is 0.333. The molecule has 2 aliphatic heterocycles. The summed E-state index contributed by atoms with van der Waals surface area (Å²) in [6.07, 6.45) is 3.07. The second-order valence-corrected chi connectivity index (χ2v) is 11.5. The molecular weight excluding hydrogens is 452 g/mol. The highest BCUT2D eigenvalue weighted by Crippen LogP contribution is 2.34. The number of rotatable bonds is 5. The van der Waals surface area contributed by atoms with Gasteiger partial charge in [0.25, 0.3) is 15.9 Å². The predicted octanol–water partition coefficient (Wildman–Crippen LogP) is 2.12. The van der Waals surface area contributed by atoms with Crippen LogP contribution < -0.4 is 14.3 Å². The Bertz CT molecular complexity index is 1320. The molecule has 0 spiro atoms. The first-order valence-electron chi connectivity index (χ1n) is 10.1. The average Bonchev–Trinajstić information content (AvgIpc) is 3.33. The minimum absolute atomic E-state index is 0.0245. The molecule has 0 radical (unpaired) electrons. The lowest BCUT2D eigenvalue weighted by Gasteiger charge is -2.21. The fourth-order valence-electron chi connectivity index (χ4n) is 4.03. The number of anilines is 2. The van der Waals surface area contributed by atoms with Gasteiger partial charge in [-0.2, -0.15) is 0 Å². The Morgan fingerprint density at radius 2 is 1.91 bits per heavy atom. The molecule has 9 nitrogen and oxygen atoms in total. The highest BCUT2D eigenvalue weighted by molar-refractivity contribution is 7.92. The number of benzene rings is 2. The smallest absolute Gasteiger partial charge is 0.262 e. The van der Waals surface area contributed by atoms with Gasteiger partial charge in [-0.05, 0) is 61.7 Å². The molecule has 0 saturated carbocycles. The lowest BCUT2D eigenvalue weighted by atomic mass is 10.1. The van der Waals surface area contributed by atoms with E-state index in [0.29, 0.717) is 42.2 Å². The summed E-state index contributed by atoms with van der Waals surface area (Å²) in [6, 6.07) is 10.6. The first-order valence-corrected chi connectivity index (χ1v) is 13.5. The molecule has 0 saturated heterocycles. The van der Waals surface area contributed by atoms with E-state index in [9.17, 15) is 21.6 Å². The Morgan fingerprint density at radius 3 is 2.59 bits per heavy atom. The van der Waals surface area contributed by atoms with Crippen molar-refractivity contribution in [2.45, 2.75) is 37.1 Å². The van der Waals surface area contributed by atoms with Gasteiger partial charge >= 0.3 is 0 Å². The molecule has 4 rings (SSSR count). The minimum atomic E-state index is -3.80. The molecule has 2 aliphatic rings. The van der Waals surface area contributed by atoms with E-state index in [1.807, 2.05) is 6.92 Å². The minimum Gasteiger partial charge on any atom is -0.322 e. The van der Waals surface area contributed by atoms with Crippen molar-refractivity contribution in [1.29, 1.82) is 0 Å². The molecule has 32 heavy (non-hydrogen) atoms. The monoisotopic (exact) mass is 476 g/mol. The molecule has 1 atom stereocenters. The second kappa shape index (κ2) is 8.21. The number of amidine groups is 1. The van der Waals surface area contributed by atoms with Crippen molar-refractivity contribution >= 4 is 43.2 Å². The third kappa shape index (κ3) is 4.49. The topological polar surface area (TPSA) is 125 Å². The SMILES string of the molecule is C[C@@H]1Cc2cc(C(=O)Nc3cccc(S(=O)(=O)NC4=NCCC4)c3)ccc2N1S(C)(=O)=O. The summed E-state index contributed by atoms with van der Waals surface area (Å²) < 4.78 is 53.2. The standard InChI is InChI=1S/C21H24N4O5S2/c1-14-11-16-12-15(8-9-19(16)25(14)31(2,27)28)21(26)23-17-5-3-6-18(13-17)32(29,30)24-20-7-4-10-22-20/h3,5-6,8-9,12-14H,4,7,10-11H2,1-2H3,(H,22,24)(H,23,26)/t14-/m1/s1. The van der Waals surface area contributed by atoms with Crippen molar-refractivity contribution in [2.75, 3.05) is 22.4 Å². The molecule has 170 valence electrons. The van der Waals surface area contributed by atoms with Gasteiger partial charge in [-0.15, -0.1) is 0 Å². The third-order valence-corrected chi connectivity index (χ3v) is 8.03. The van der Waals surface area contributed by atoms with Crippen molar-refractivity contribution in [1.82, 2.24) is 4.72 Å². The lowest BCUT2D eigenvalue weighted by molar-refractivity contribution is 0.102. The highest BCUT2D eigenvalue weighted by Gasteiger charge is 2.32. The average molecular weight is 477 g/mol. The first kappa shape index (κ1) is 22.3. The number of aliphatic imine (C=N–C) groups is 1. The summed E-state index contributed by atoms with van der Waals surface area (Å²) in [6.45, 7) is 2.42. The maximum Gasteiger partial charge on any atom is 0.262 e. The van der Waals surface area contributed by atoms with Crippen LogP contribution in [0.4, 0.5) is 11.4 Å². The summed E-state index contributed by atoms with van der Waals surface area (Å²) in [4.78, 5) is 16.9. The van der Waals surface area contributed by atoms with E-state index in [-0.39, 0.29) is 10.9 Å². The van der Waals surface area contributed by atoms with E-state index in [1.165, 1.54) is 16.4 Å². The molecule has 2 heterocycles. The number of amides is 1. The van der Waals surface area contributed by atoms with Crippen molar-refractivity contribution in [3.05, 3.63) is 53.6 Å². The van der Waals surface area contributed by atoms with Crippen LogP contribution in [-0.2, 0) is 26.5 Å². The Labute approximate surface area is 187 Å². The van der Waals surface area contributed by atoms with E-state index in [0.717, 1.165) is 18.2 Å². The molecule has 11 heteroatoms. The van der Waals surface area contributed by atoms with Gasteiger partial charge in [-0.3, -0.25) is 18.8 Å². The van der Waals surface area contributed by atoms with E-state index >= 15 is 0 Å². The largest absolute Gasteiger partial charge is 0.322 e. The Hall–Kier alpha value is -2.92. The van der Waals surface area contributed by atoms with Gasteiger partial charge in [0.1, 0.15) is 5.84 Å². The van der Waals surface area contributed by atoms with Crippen LogP contribution in [0.5, 0.6) is 0 Å². The number of carbonyl (C=O) groups excluding carboxylic acids is 1. The highest BCUT2D eigenvalue weighted by atomic mass is 32.2. The molecule has 0 unspecified atom stereocenters. The van der Waals surface area contributed by atoms with Gasteiger partial charge in [0, 0.05) is 30.3 Å².